The van der Waals surface area contributed by atoms with E-state index in [1.54, 1.807) is 24.3 Å². The highest BCUT2D eigenvalue weighted by atomic mass is 32.2. The van der Waals surface area contributed by atoms with E-state index in [2.05, 4.69) is 30.7 Å². The lowest BCUT2D eigenvalue weighted by Gasteiger charge is -2.39. The van der Waals surface area contributed by atoms with E-state index < -0.39 is 28.1 Å². The molecule has 182 valence electrons. The first-order valence-electron chi connectivity index (χ1n) is 11.0. The molecule has 0 radical (unpaired) electrons. The zero-order valence-electron chi connectivity index (χ0n) is 19.6. The van der Waals surface area contributed by atoms with E-state index in [0.29, 0.717) is 21.3 Å². The van der Waals surface area contributed by atoms with Gasteiger partial charge in [0.05, 0.1) is 0 Å². The monoisotopic (exact) mass is 484 g/mol. The van der Waals surface area contributed by atoms with Crippen molar-refractivity contribution in [2.45, 2.75) is 78.0 Å². The van der Waals surface area contributed by atoms with Crippen molar-refractivity contribution in [3.8, 4) is 6.19 Å². The topological polar surface area (TPSA) is 76.8 Å². The van der Waals surface area contributed by atoms with Crippen LogP contribution in [0.1, 0.15) is 65.0 Å². The first-order chi connectivity index (χ1) is 15.1. The van der Waals surface area contributed by atoms with Gasteiger partial charge < -0.3 is 4.90 Å². The van der Waals surface area contributed by atoms with Crippen molar-refractivity contribution in [1.82, 2.24) is 9.21 Å². The Hall–Kier alpha value is -2.12. The van der Waals surface area contributed by atoms with Gasteiger partial charge in [0, 0.05) is 30.7 Å². The van der Waals surface area contributed by atoms with Crippen LogP contribution in [-0.4, -0.2) is 47.6 Å². The van der Waals surface area contributed by atoms with Gasteiger partial charge in [-0.25, -0.2) is 8.42 Å². The second-order valence-corrected chi connectivity index (χ2v) is 12.5. The molecule has 0 aromatic heterocycles. The highest BCUT2D eigenvalue weighted by molar-refractivity contribution is 7.89. The molecule has 2 fully saturated rings. The molecular formula is C23H31F3N4O2S. The standard InChI is InChI=1S/C23H31F3N4O2S/c1-16(2)30(33(31,32)23(24,25)26)12-17-6-8-18(9-7-17)20(28-15-27)29-14-22(5)11-19(29)10-21(3,4)13-22/h6-9,16,19H,10-14H2,1-5H3. The van der Waals surface area contributed by atoms with Gasteiger partial charge in [0.2, 0.25) is 6.19 Å². The lowest BCUT2D eigenvalue weighted by molar-refractivity contribution is -0.0500. The SMILES string of the molecule is CC(C)N(Cc1ccc(C(=NC#N)N2CC3(C)CC2CC(C)(C)C3)cc1)S(=O)(=O)C(F)(F)F. The number of nitriles is 1. The molecular weight excluding hydrogens is 453 g/mol. The van der Waals surface area contributed by atoms with Gasteiger partial charge in [0.1, 0.15) is 5.84 Å². The van der Waals surface area contributed by atoms with Crippen molar-refractivity contribution in [1.29, 1.82) is 5.26 Å². The molecule has 1 aromatic rings. The smallest absolute Gasteiger partial charge is 0.352 e. The maximum absolute atomic E-state index is 13.1. The fourth-order valence-electron chi connectivity index (χ4n) is 5.67. The largest absolute Gasteiger partial charge is 0.511 e. The molecule has 0 amide bonds. The predicted molar refractivity (Wildman–Crippen MR) is 120 cm³/mol. The molecule has 33 heavy (non-hydrogen) atoms. The lowest BCUT2D eigenvalue weighted by Crippen LogP contribution is -2.44. The summed E-state index contributed by atoms with van der Waals surface area (Å²) in [5, 5.41) is 9.32. The Morgan fingerprint density at radius 3 is 2.36 bits per heavy atom. The number of sulfonamides is 1. The van der Waals surface area contributed by atoms with Crippen molar-refractivity contribution in [2.75, 3.05) is 6.54 Å². The van der Waals surface area contributed by atoms with Crippen molar-refractivity contribution in [2.24, 2.45) is 15.8 Å². The Morgan fingerprint density at radius 2 is 1.85 bits per heavy atom. The molecule has 2 bridgehead atoms. The number of aliphatic imine (C=N–C) groups is 1. The summed E-state index contributed by atoms with van der Waals surface area (Å²) in [6.45, 7) is 9.97. The molecule has 3 rings (SSSR count). The molecule has 1 aliphatic carbocycles. The van der Waals surface area contributed by atoms with E-state index in [1.807, 2.05) is 6.19 Å². The van der Waals surface area contributed by atoms with E-state index in [4.69, 9.17) is 0 Å². The molecule has 1 saturated heterocycles. The summed E-state index contributed by atoms with van der Waals surface area (Å²) >= 11 is 0. The highest BCUT2D eigenvalue weighted by Crippen LogP contribution is 2.52. The number of likely N-dealkylation sites (tertiary alicyclic amines) is 1. The van der Waals surface area contributed by atoms with Crippen molar-refractivity contribution in [3.05, 3.63) is 35.4 Å². The minimum absolute atomic E-state index is 0.131. The molecule has 1 aromatic carbocycles. The molecule has 2 unspecified atom stereocenters. The van der Waals surface area contributed by atoms with Crippen LogP contribution in [0.2, 0.25) is 0 Å². The summed E-state index contributed by atoms with van der Waals surface area (Å²) in [5.41, 5.74) is -3.93. The van der Waals surface area contributed by atoms with Crippen LogP contribution in [0.3, 0.4) is 0 Å². The first-order valence-corrected chi connectivity index (χ1v) is 12.4. The summed E-state index contributed by atoms with van der Waals surface area (Å²) in [5.74, 6) is 0.555. The van der Waals surface area contributed by atoms with E-state index in [0.717, 1.165) is 25.8 Å². The average Bonchev–Trinajstić information content (AvgIpc) is 2.92. The summed E-state index contributed by atoms with van der Waals surface area (Å²) < 4.78 is 63.6. The van der Waals surface area contributed by atoms with Crippen molar-refractivity contribution < 1.29 is 21.6 Å². The van der Waals surface area contributed by atoms with Crippen molar-refractivity contribution in [3.63, 3.8) is 0 Å². The molecule has 2 atom stereocenters. The quantitative estimate of drug-likeness (QED) is 0.339. The van der Waals surface area contributed by atoms with Crippen LogP contribution in [0, 0.1) is 22.3 Å². The fourth-order valence-corrected chi connectivity index (χ4v) is 6.81. The third-order valence-corrected chi connectivity index (χ3v) is 8.32. The highest BCUT2D eigenvalue weighted by Gasteiger charge is 2.51. The zero-order valence-corrected chi connectivity index (χ0v) is 20.5. The number of nitrogens with zero attached hydrogens (tertiary/aromatic N) is 4. The molecule has 1 heterocycles. The number of hydrogen-bond acceptors (Lipinski definition) is 4. The van der Waals surface area contributed by atoms with E-state index >= 15 is 0 Å². The number of benzene rings is 1. The Kier molecular flexibility index (Phi) is 6.63. The number of amidine groups is 1. The minimum atomic E-state index is -5.45. The number of rotatable bonds is 5. The number of alkyl halides is 3. The number of hydrogen-bond donors (Lipinski definition) is 0. The van der Waals surface area contributed by atoms with Gasteiger partial charge in [-0.15, -0.1) is 0 Å². The van der Waals surface area contributed by atoms with Gasteiger partial charge in [-0.1, -0.05) is 45.0 Å². The third kappa shape index (κ3) is 5.19. The van der Waals surface area contributed by atoms with E-state index in [1.165, 1.54) is 13.8 Å². The molecule has 6 nitrogen and oxygen atoms in total. The van der Waals surface area contributed by atoms with Crippen LogP contribution in [0.15, 0.2) is 29.3 Å². The average molecular weight is 485 g/mol. The van der Waals surface area contributed by atoms with E-state index in [9.17, 15) is 26.9 Å². The predicted octanol–water partition coefficient (Wildman–Crippen LogP) is 4.87. The maximum atomic E-state index is 13.1. The Balaban J connectivity index is 1.86. The summed E-state index contributed by atoms with van der Waals surface area (Å²) in [4.78, 5) is 6.28. The second-order valence-electron chi connectivity index (χ2n) is 10.7. The normalized spacial score (nSPS) is 25.5. The Morgan fingerprint density at radius 1 is 1.24 bits per heavy atom. The second kappa shape index (κ2) is 8.58. The fraction of sp³-hybridized carbons (Fsp3) is 0.652. The lowest BCUT2D eigenvalue weighted by atomic mass is 9.65. The van der Waals surface area contributed by atoms with E-state index in [-0.39, 0.29) is 16.9 Å². The van der Waals surface area contributed by atoms with Crippen LogP contribution in [-0.2, 0) is 16.6 Å². The third-order valence-electron chi connectivity index (χ3n) is 6.57. The molecule has 1 saturated carbocycles. The summed E-state index contributed by atoms with van der Waals surface area (Å²) in [6.07, 6.45) is 4.99. The Bertz CT molecular complexity index is 1060. The molecule has 1 aliphatic heterocycles. The summed E-state index contributed by atoms with van der Waals surface area (Å²) in [6, 6.07) is 5.98. The van der Waals surface area contributed by atoms with Crippen LogP contribution in [0.5, 0.6) is 0 Å². The van der Waals surface area contributed by atoms with Gasteiger partial charge in [-0.3, -0.25) is 0 Å². The van der Waals surface area contributed by atoms with Crippen LogP contribution < -0.4 is 0 Å². The van der Waals surface area contributed by atoms with Gasteiger partial charge >= 0.3 is 15.5 Å². The number of halogens is 3. The maximum Gasteiger partial charge on any atom is 0.511 e. The van der Waals surface area contributed by atoms with Crippen molar-refractivity contribution >= 4 is 15.9 Å². The first kappa shape index (κ1) is 25.5. The van der Waals surface area contributed by atoms with Gasteiger partial charge in [0.25, 0.3) is 0 Å². The molecule has 0 spiro atoms. The van der Waals surface area contributed by atoms with Crippen LogP contribution >= 0.6 is 0 Å². The van der Waals surface area contributed by atoms with Gasteiger partial charge in [-0.05, 0) is 49.5 Å². The molecule has 10 heteroatoms. The van der Waals surface area contributed by atoms with Gasteiger partial charge in [-0.2, -0.15) is 27.7 Å². The minimum Gasteiger partial charge on any atom is -0.352 e. The van der Waals surface area contributed by atoms with Crippen LogP contribution in [0.4, 0.5) is 13.2 Å². The van der Waals surface area contributed by atoms with Crippen LogP contribution in [0.25, 0.3) is 0 Å². The number of fused-ring (bicyclic) bond motifs is 2. The molecule has 0 N–H and O–H groups in total. The molecule has 2 aliphatic rings. The Labute approximate surface area is 194 Å². The summed E-state index contributed by atoms with van der Waals surface area (Å²) in [7, 11) is -5.45. The van der Waals surface area contributed by atoms with Gasteiger partial charge in [0.15, 0.2) is 0 Å². The zero-order chi connectivity index (χ0) is 24.8.